The summed E-state index contributed by atoms with van der Waals surface area (Å²) in [6.45, 7) is 5.01. The standard InChI is InChI=1S/C10H15F3N2OS/c1-7(2)16-5-3-4-14-9-15-8(6-17-9)10(11,12)13/h6-7H,3-5H2,1-2H3,(H,14,15). The first-order valence-electron chi connectivity index (χ1n) is 5.28. The van der Waals surface area contributed by atoms with Crippen LogP contribution in [-0.2, 0) is 10.9 Å². The van der Waals surface area contributed by atoms with E-state index in [1.54, 1.807) is 0 Å². The van der Waals surface area contributed by atoms with Crippen LogP contribution in [0.1, 0.15) is 26.0 Å². The summed E-state index contributed by atoms with van der Waals surface area (Å²) in [4.78, 5) is 3.46. The molecule has 3 nitrogen and oxygen atoms in total. The van der Waals surface area contributed by atoms with Crippen LogP contribution in [0.2, 0.25) is 0 Å². The second-order valence-corrected chi connectivity index (χ2v) is 4.59. The summed E-state index contributed by atoms with van der Waals surface area (Å²) in [5, 5.41) is 4.14. The zero-order chi connectivity index (χ0) is 12.9. The van der Waals surface area contributed by atoms with Gasteiger partial charge in [-0.3, -0.25) is 0 Å². The molecule has 17 heavy (non-hydrogen) atoms. The van der Waals surface area contributed by atoms with Crippen molar-refractivity contribution in [2.24, 2.45) is 0 Å². The molecule has 1 N–H and O–H groups in total. The molecule has 0 bridgehead atoms. The molecular weight excluding hydrogens is 253 g/mol. The first-order chi connectivity index (χ1) is 7.89. The molecule has 0 aliphatic rings. The van der Waals surface area contributed by atoms with Gasteiger partial charge in [0.1, 0.15) is 0 Å². The van der Waals surface area contributed by atoms with Gasteiger partial charge < -0.3 is 10.1 Å². The molecular formula is C10H15F3N2OS. The summed E-state index contributed by atoms with van der Waals surface area (Å²) in [6, 6.07) is 0. The van der Waals surface area contributed by atoms with Crippen molar-refractivity contribution in [1.29, 1.82) is 0 Å². The van der Waals surface area contributed by atoms with Crippen LogP contribution in [0.25, 0.3) is 0 Å². The minimum Gasteiger partial charge on any atom is -0.379 e. The maximum Gasteiger partial charge on any atom is 0.434 e. The highest BCUT2D eigenvalue weighted by molar-refractivity contribution is 7.13. The minimum absolute atomic E-state index is 0.173. The Labute approximate surface area is 102 Å². The molecule has 0 saturated carbocycles. The molecule has 0 amide bonds. The van der Waals surface area contributed by atoms with Crippen LogP contribution in [0, 0.1) is 0 Å². The van der Waals surface area contributed by atoms with Gasteiger partial charge in [0, 0.05) is 18.5 Å². The smallest absolute Gasteiger partial charge is 0.379 e. The molecule has 0 saturated heterocycles. The third kappa shape index (κ3) is 5.36. The van der Waals surface area contributed by atoms with Crippen molar-refractivity contribution in [3.63, 3.8) is 0 Å². The third-order valence-electron chi connectivity index (χ3n) is 1.84. The Morgan fingerprint density at radius 3 is 2.71 bits per heavy atom. The van der Waals surface area contributed by atoms with Crippen molar-refractivity contribution in [2.75, 3.05) is 18.5 Å². The molecule has 0 fully saturated rings. The SMILES string of the molecule is CC(C)OCCCNc1nc(C(F)(F)F)cs1. The largest absolute Gasteiger partial charge is 0.434 e. The number of halogens is 3. The Hall–Kier alpha value is -0.820. The summed E-state index contributed by atoms with van der Waals surface area (Å²) in [5.74, 6) is 0. The summed E-state index contributed by atoms with van der Waals surface area (Å²) in [5.41, 5.74) is -0.844. The van der Waals surface area contributed by atoms with Crippen molar-refractivity contribution in [1.82, 2.24) is 4.98 Å². The van der Waals surface area contributed by atoms with Crippen molar-refractivity contribution in [3.8, 4) is 0 Å². The van der Waals surface area contributed by atoms with E-state index in [9.17, 15) is 13.2 Å². The quantitative estimate of drug-likeness (QED) is 0.803. The van der Waals surface area contributed by atoms with E-state index in [0.717, 1.165) is 23.1 Å². The lowest BCUT2D eigenvalue weighted by Crippen LogP contribution is -2.10. The van der Waals surface area contributed by atoms with Crippen LogP contribution in [0.3, 0.4) is 0 Å². The summed E-state index contributed by atoms with van der Waals surface area (Å²) >= 11 is 0.958. The molecule has 1 heterocycles. The fourth-order valence-electron chi connectivity index (χ4n) is 1.07. The van der Waals surface area contributed by atoms with Gasteiger partial charge in [-0.25, -0.2) is 4.98 Å². The monoisotopic (exact) mass is 268 g/mol. The highest BCUT2D eigenvalue weighted by atomic mass is 32.1. The average Bonchev–Trinajstić information content (AvgIpc) is 2.64. The lowest BCUT2D eigenvalue weighted by atomic mass is 10.4. The van der Waals surface area contributed by atoms with E-state index >= 15 is 0 Å². The lowest BCUT2D eigenvalue weighted by molar-refractivity contribution is -0.140. The van der Waals surface area contributed by atoms with Crippen LogP contribution in [0.4, 0.5) is 18.3 Å². The highest BCUT2D eigenvalue weighted by Crippen LogP contribution is 2.31. The predicted octanol–water partition coefficient (Wildman–Crippen LogP) is 3.39. The van der Waals surface area contributed by atoms with E-state index in [-0.39, 0.29) is 6.10 Å². The minimum atomic E-state index is -4.36. The lowest BCUT2D eigenvalue weighted by Gasteiger charge is -2.07. The predicted molar refractivity (Wildman–Crippen MR) is 61.3 cm³/mol. The van der Waals surface area contributed by atoms with E-state index < -0.39 is 11.9 Å². The van der Waals surface area contributed by atoms with Gasteiger partial charge in [-0.2, -0.15) is 13.2 Å². The van der Waals surface area contributed by atoms with Gasteiger partial charge in [-0.1, -0.05) is 0 Å². The van der Waals surface area contributed by atoms with Crippen LogP contribution >= 0.6 is 11.3 Å². The maximum atomic E-state index is 12.2. The Bertz CT molecular complexity index is 339. The Morgan fingerprint density at radius 1 is 1.47 bits per heavy atom. The van der Waals surface area contributed by atoms with Crippen LogP contribution in [-0.4, -0.2) is 24.2 Å². The summed E-state index contributed by atoms with van der Waals surface area (Å²) in [6.07, 6.45) is -3.46. The van der Waals surface area contributed by atoms with Crippen LogP contribution in [0.5, 0.6) is 0 Å². The van der Waals surface area contributed by atoms with E-state index in [0.29, 0.717) is 18.3 Å². The van der Waals surface area contributed by atoms with E-state index in [4.69, 9.17) is 4.74 Å². The van der Waals surface area contributed by atoms with Crippen LogP contribution < -0.4 is 5.32 Å². The molecule has 0 aromatic carbocycles. The molecule has 7 heteroatoms. The molecule has 0 aliphatic heterocycles. The number of alkyl halides is 3. The average molecular weight is 268 g/mol. The molecule has 0 aliphatic carbocycles. The number of ether oxygens (including phenoxy) is 1. The van der Waals surface area contributed by atoms with Gasteiger partial charge in [0.25, 0.3) is 0 Å². The third-order valence-corrected chi connectivity index (χ3v) is 2.64. The number of hydrogen-bond acceptors (Lipinski definition) is 4. The molecule has 0 radical (unpaired) electrons. The number of anilines is 1. The van der Waals surface area contributed by atoms with Crippen molar-refractivity contribution < 1.29 is 17.9 Å². The normalized spacial score (nSPS) is 12.1. The van der Waals surface area contributed by atoms with Crippen LogP contribution in [0.15, 0.2) is 5.38 Å². The van der Waals surface area contributed by atoms with Crippen molar-refractivity contribution >= 4 is 16.5 Å². The van der Waals surface area contributed by atoms with Gasteiger partial charge in [-0.15, -0.1) is 11.3 Å². The molecule has 0 atom stereocenters. The molecule has 1 aromatic rings. The second-order valence-electron chi connectivity index (χ2n) is 3.74. The second kappa shape index (κ2) is 6.20. The van der Waals surface area contributed by atoms with Gasteiger partial charge in [-0.05, 0) is 20.3 Å². The maximum absolute atomic E-state index is 12.2. The first kappa shape index (κ1) is 14.2. The molecule has 0 unspecified atom stereocenters. The zero-order valence-electron chi connectivity index (χ0n) is 9.67. The highest BCUT2D eigenvalue weighted by Gasteiger charge is 2.33. The number of nitrogens with zero attached hydrogens (tertiary/aromatic N) is 1. The van der Waals surface area contributed by atoms with E-state index in [2.05, 4.69) is 10.3 Å². The Balaban J connectivity index is 2.26. The van der Waals surface area contributed by atoms with Gasteiger partial charge in [0.05, 0.1) is 6.10 Å². The number of aromatic nitrogens is 1. The van der Waals surface area contributed by atoms with Gasteiger partial charge >= 0.3 is 6.18 Å². The summed E-state index contributed by atoms with van der Waals surface area (Å²) < 4.78 is 42.0. The number of rotatable bonds is 6. The Morgan fingerprint density at radius 2 is 2.18 bits per heavy atom. The topological polar surface area (TPSA) is 34.1 Å². The fourth-order valence-corrected chi connectivity index (χ4v) is 1.82. The molecule has 0 spiro atoms. The Kier molecular flexibility index (Phi) is 5.20. The number of thiazole rings is 1. The van der Waals surface area contributed by atoms with E-state index in [1.807, 2.05) is 13.8 Å². The number of hydrogen-bond donors (Lipinski definition) is 1. The number of nitrogens with one attached hydrogen (secondary N) is 1. The van der Waals surface area contributed by atoms with Crippen molar-refractivity contribution in [2.45, 2.75) is 32.5 Å². The molecule has 1 rings (SSSR count). The molecule has 1 aromatic heterocycles. The van der Waals surface area contributed by atoms with E-state index in [1.165, 1.54) is 0 Å². The van der Waals surface area contributed by atoms with Gasteiger partial charge in [0.15, 0.2) is 10.8 Å². The summed E-state index contributed by atoms with van der Waals surface area (Å²) in [7, 11) is 0. The fraction of sp³-hybridized carbons (Fsp3) is 0.700. The van der Waals surface area contributed by atoms with Gasteiger partial charge in [0.2, 0.25) is 0 Å². The first-order valence-corrected chi connectivity index (χ1v) is 6.15. The zero-order valence-corrected chi connectivity index (χ0v) is 10.5. The molecule has 98 valence electrons. The van der Waals surface area contributed by atoms with Crippen molar-refractivity contribution in [3.05, 3.63) is 11.1 Å².